The molecular formula is C16H21Cl3N4O. The summed E-state index contributed by atoms with van der Waals surface area (Å²) in [6.45, 7) is 6.09. The molecule has 1 amide bonds. The largest absolute Gasteiger partial charge is 0.352 e. The van der Waals surface area contributed by atoms with Gasteiger partial charge in [-0.25, -0.2) is 4.68 Å². The van der Waals surface area contributed by atoms with Crippen LogP contribution in [-0.4, -0.2) is 28.3 Å². The van der Waals surface area contributed by atoms with Crippen LogP contribution in [0.2, 0.25) is 10.0 Å². The van der Waals surface area contributed by atoms with Crippen LogP contribution in [-0.2, 0) is 11.2 Å². The summed E-state index contributed by atoms with van der Waals surface area (Å²) in [5, 5.41) is 8.33. The van der Waals surface area contributed by atoms with E-state index in [9.17, 15) is 4.79 Å². The maximum atomic E-state index is 12.1. The zero-order valence-corrected chi connectivity index (χ0v) is 16.1. The number of carbonyl (C=O) groups is 1. The number of hydrogen-bond donors (Lipinski definition) is 2. The monoisotopic (exact) mass is 390 g/mol. The summed E-state index contributed by atoms with van der Waals surface area (Å²) in [6.07, 6.45) is 0.267. The molecule has 1 atom stereocenters. The zero-order valence-electron chi connectivity index (χ0n) is 13.8. The molecule has 1 aromatic carbocycles. The molecule has 0 bridgehead atoms. The molecule has 2 aromatic rings. The average Bonchev–Trinajstić information content (AvgIpc) is 2.78. The zero-order chi connectivity index (χ0) is 17.1. The van der Waals surface area contributed by atoms with E-state index in [-0.39, 0.29) is 30.8 Å². The molecule has 3 N–H and O–H groups in total. The Morgan fingerprint density at radius 3 is 2.58 bits per heavy atom. The first-order valence-electron chi connectivity index (χ1n) is 7.33. The Morgan fingerprint density at radius 2 is 2.00 bits per heavy atom. The van der Waals surface area contributed by atoms with E-state index in [2.05, 4.69) is 10.4 Å². The molecule has 0 fully saturated rings. The number of nitrogens with zero attached hydrogens (tertiary/aromatic N) is 2. The summed E-state index contributed by atoms with van der Waals surface area (Å²) in [5.41, 5.74) is 8.94. The predicted molar refractivity (Wildman–Crippen MR) is 101 cm³/mol. The number of halogens is 3. The number of rotatable bonds is 5. The van der Waals surface area contributed by atoms with Crippen molar-refractivity contribution in [3.05, 3.63) is 45.2 Å². The van der Waals surface area contributed by atoms with Crippen molar-refractivity contribution < 1.29 is 4.79 Å². The maximum absolute atomic E-state index is 12.1. The fourth-order valence-corrected chi connectivity index (χ4v) is 2.64. The molecule has 0 aliphatic heterocycles. The van der Waals surface area contributed by atoms with Crippen LogP contribution in [0.1, 0.15) is 23.9 Å². The Balaban J connectivity index is 0.00000288. The van der Waals surface area contributed by atoms with E-state index in [0.29, 0.717) is 16.6 Å². The van der Waals surface area contributed by atoms with E-state index in [1.54, 1.807) is 16.8 Å². The number of amides is 1. The van der Waals surface area contributed by atoms with Crippen LogP contribution in [0.3, 0.4) is 0 Å². The van der Waals surface area contributed by atoms with Crippen LogP contribution >= 0.6 is 35.6 Å². The van der Waals surface area contributed by atoms with Gasteiger partial charge in [0, 0.05) is 23.8 Å². The third-order valence-electron chi connectivity index (χ3n) is 3.69. The highest BCUT2D eigenvalue weighted by Gasteiger charge is 2.17. The Hall–Kier alpha value is -1.27. The highest BCUT2D eigenvalue weighted by molar-refractivity contribution is 6.42. The van der Waals surface area contributed by atoms with Gasteiger partial charge in [-0.15, -0.1) is 12.4 Å². The van der Waals surface area contributed by atoms with Crippen molar-refractivity contribution in [3.8, 4) is 5.69 Å². The van der Waals surface area contributed by atoms with Crippen molar-refractivity contribution in [2.45, 2.75) is 33.2 Å². The summed E-state index contributed by atoms with van der Waals surface area (Å²) in [5.74, 6) is -0.0668. The van der Waals surface area contributed by atoms with Gasteiger partial charge in [0.1, 0.15) is 0 Å². The van der Waals surface area contributed by atoms with Gasteiger partial charge in [0.15, 0.2) is 0 Å². The molecule has 0 aliphatic rings. The molecule has 5 nitrogen and oxygen atoms in total. The third kappa shape index (κ3) is 4.63. The summed E-state index contributed by atoms with van der Waals surface area (Å²) in [4.78, 5) is 12.1. The van der Waals surface area contributed by atoms with Crippen LogP contribution in [0, 0.1) is 13.8 Å². The molecule has 8 heteroatoms. The lowest BCUT2D eigenvalue weighted by Crippen LogP contribution is -2.38. The van der Waals surface area contributed by atoms with Gasteiger partial charge >= 0.3 is 0 Å². The van der Waals surface area contributed by atoms with Gasteiger partial charge in [-0.1, -0.05) is 23.2 Å². The lowest BCUT2D eigenvalue weighted by molar-refractivity contribution is -0.121. The van der Waals surface area contributed by atoms with Crippen LogP contribution in [0.4, 0.5) is 0 Å². The van der Waals surface area contributed by atoms with Crippen molar-refractivity contribution in [1.82, 2.24) is 15.1 Å². The second-order valence-electron chi connectivity index (χ2n) is 5.54. The summed E-state index contributed by atoms with van der Waals surface area (Å²) >= 11 is 12.0. The first-order chi connectivity index (χ1) is 10.8. The van der Waals surface area contributed by atoms with Crippen molar-refractivity contribution in [2.75, 3.05) is 6.54 Å². The molecule has 2 rings (SSSR count). The molecule has 132 valence electrons. The van der Waals surface area contributed by atoms with Crippen LogP contribution in [0.15, 0.2) is 18.2 Å². The Kier molecular flexibility index (Phi) is 7.55. The van der Waals surface area contributed by atoms with Crippen molar-refractivity contribution in [1.29, 1.82) is 0 Å². The first kappa shape index (κ1) is 20.8. The Labute approximate surface area is 157 Å². The lowest BCUT2D eigenvalue weighted by atomic mass is 10.1. The summed E-state index contributed by atoms with van der Waals surface area (Å²) in [6, 6.07) is 5.27. The Morgan fingerprint density at radius 1 is 1.33 bits per heavy atom. The molecule has 0 saturated heterocycles. The summed E-state index contributed by atoms with van der Waals surface area (Å²) in [7, 11) is 0. The standard InChI is InChI=1S/C16H20Cl2N4O.ClH/c1-9(8-19)20-16(23)7-13-10(2)21-22(11(13)3)12-4-5-14(17)15(18)6-12;/h4-6,9H,7-8,19H2,1-3H3,(H,20,23);1H/t9-;/m0./s1. The highest BCUT2D eigenvalue weighted by atomic mass is 35.5. The second kappa shape index (κ2) is 8.72. The van der Waals surface area contributed by atoms with E-state index < -0.39 is 0 Å². The number of aromatic nitrogens is 2. The van der Waals surface area contributed by atoms with E-state index in [1.807, 2.05) is 26.8 Å². The van der Waals surface area contributed by atoms with Crippen LogP contribution in [0.25, 0.3) is 5.69 Å². The van der Waals surface area contributed by atoms with E-state index in [4.69, 9.17) is 28.9 Å². The minimum atomic E-state index is -0.0668. The first-order valence-corrected chi connectivity index (χ1v) is 8.09. The van der Waals surface area contributed by atoms with Gasteiger partial charge in [0.25, 0.3) is 0 Å². The molecule has 0 aliphatic carbocycles. The molecule has 1 heterocycles. The van der Waals surface area contributed by atoms with Crippen molar-refractivity contribution in [2.24, 2.45) is 5.73 Å². The van der Waals surface area contributed by atoms with Gasteiger partial charge in [-0.2, -0.15) is 5.10 Å². The van der Waals surface area contributed by atoms with Gasteiger partial charge in [-0.3, -0.25) is 4.79 Å². The third-order valence-corrected chi connectivity index (χ3v) is 4.43. The van der Waals surface area contributed by atoms with Gasteiger partial charge in [0.2, 0.25) is 5.91 Å². The molecule has 24 heavy (non-hydrogen) atoms. The number of nitrogens with one attached hydrogen (secondary N) is 1. The highest BCUT2D eigenvalue weighted by Crippen LogP contribution is 2.26. The molecule has 0 saturated carbocycles. The topological polar surface area (TPSA) is 72.9 Å². The molecule has 0 unspecified atom stereocenters. The quantitative estimate of drug-likeness (QED) is 0.822. The minimum absolute atomic E-state index is 0. The summed E-state index contributed by atoms with van der Waals surface area (Å²) < 4.78 is 1.77. The minimum Gasteiger partial charge on any atom is -0.352 e. The van der Waals surface area contributed by atoms with E-state index >= 15 is 0 Å². The average molecular weight is 392 g/mol. The molecule has 0 spiro atoms. The fourth-order valence-electron chi connectivity index (χ4n) is 2.34. The SMILES string of the molecule is Cc1nn(-c2ccc(Cl)c(Cl)c2)c(C)c1CC(=O)N[C@@H](C)CN.Cl. The normalized spacial score (nSPS) is 11.8. The number of carbonyl (C=O) groups excluding carboxylic acids is 1. The van der Waals surface area contributed by atoms with Crippen molar-refractivity contribution >= 4 is 41.5 Å². The van der Waals surface area contributed by atoms with Crippen molar-refractivity contribution in [3.63, 3.8) is 0 Å². The number of nitrogens with two attached hydrogens (primary N) is 1. The van der Waals surface area contributed by atoms with Crippen LogP contribution in [0.5, 0.6) is 0 Å². The predicted octanol–water partition coefficient (Wildman–Crippen LogP) is 3.22. The molecular weight excluding hydrogens is 371 g/mol. The Bertz CT molecular complexity index is 730. The molecule has 1 aromatic heterocycles. The van der Waals surface area contributed by atoms with Crippen LogP contribution < -0.4 is 11.1 Å². The number of hydrogen-bond acceptors (Lipinski definition) is 3. The van der Waals surface area contributed by atoms with Gasteiger partial charge < -0.3 is 11.1 Å². The second-order valence-corrected chi connectivity index (χ2v) is 6.36. The van der Waals surface area contributed by atoms with E-state index in [1.165, 1.54) is 0 Å². The van der Waals surface area contributed by atoms with Gasteiger partial charge in [0.05, 0.1) is 27.8 Å². The fraction of sp³-hybridized carbons (Fsp3) is 0.375. The van der Waals surface area contributed by atoms with Gasteiger partial charge in [-0.05, 0) is 39.0 Å². The maximum Gasteiger partial charge on any atom is 0.224 e. The number of benzene rings is 1. The lowest BCUT2D eigenvalue weighted by Gasteiger charge is -2.11. The molecule has 0 radical (unpaired) electrons. The van der Waals surface area contributed by atoms with E-state index in [0.717, 1.165) is 22.6 Å². The number of aryl methyl sites for hydroxylation is 1. The smallest absolute Gasteiger partial charge is 0.224 e.